The van der Waals surface area contributed by atoms with E-state index >= 15 is 0 Å². The first-order valence-electron chi connectivity index (χ1n) is 6.48. The van der Waals surface area contributed by atoms with Gasteiger partial charge in [-0.2, -0.15) is 5.10 Å². The highest BCUT2D eigenvalue weighted by Gasteiger charge is 2.22. The number of anilines is 1. The zero-order valence-electron chi connectivity index (χ0n) is 11.0. The van der Waals surface area contributed by atoms with Gasteiger partial charge >= 0.3 is 0 Å². The molecule has 6 heteroatoms. The molecule has 1 aromatic carbocycles. The highest BCUT2D eigenvalue weighted by atomic mass is 35.5. The summed E-state index contributed by atoms with van der Waals surface area (Å²) >= 11 is 0. The molecule has 0 saturated carbocycles. The highest BCUT2D eigenvalue weighted by molar-refractivity contribution is 5.94. The lowest BCUT2D eigenvalue weighted by atomic mass is 10.2. The number of carbonyl (C=O) groups is 1. The van der Waals surface area contributed by atoms with Crippen molar-refractivity contribution in [3.05, 3.63) is 42.6 Å². The van der Waals surface area contributed by atoms with Gasteiger partial charge in [0.1, 0.15) is 0 Å². The molecule has 1 aliphatic rings. The van der Waals surface area contributed by atoms with E-state index in [9.17, 15) is 4.79 Å². The van der Waals surface area contributed by atoms with Crippen molar-refractivity contribution in [2.75, 3.05) is 11.9 Å². The first-order valence-corrected chi connectivity index (χ1v) is 6.48. The summed E-state index contributed by atoms with van der Waals surface area (Å²) in [6.45, 7) is 0.913. The summed E-state index contributed by atoms with van der Waals surface area (Å²) < 4.78 is 1.75. The number of carbonyl (C=O) groups excluding carboxylic acids is 1. The van der Waals surface area contributed by atoms with Crippen molar-refractivity contribution in [1.29, 1.82) is 0 Å². The Balaban J connectivity index is 0.00000147. The first-order chi connectivity index (χ1) is 9.33. The number of benzene rings is 1. The summed E-state index contributed by atoms with van der Waals surface area (Å²) in [6.07, 6.45) is 3.79. The Bertz CT molecular complexity index is 564. The Morgan fingerprint density at radius 3 is 2.80 bits per heavy atom. The van der Waals surface area contributed by atoms with Crippen LogP contribution in [0.15, 0.2) is 42.6 Å². The maximum atomic E-state index is 11.9. The molecule has 0 aliphatic carbocycles. The molecule has 1 aliphatic heterocycles. The minimum atomic E-state index is -0.0816. The summed E-state index contributed by atoms with van der Waals surface area (Å²) in [5, 5.41) is 10.4. The maximum Gasteiger partial charge on any atom is 0.242 e. The standard InChI is InChI=1S/C14H16N4O.ClH/c19-14(12-7-4-9-15-12)16-13-8-10-18(17-13)11-5-2-1-3-6-11;/h1-3,5-6,8,10,12,15H,4,7,9H2,(H,16,17,19);1H. The normalized spacial score (nSPS) is 17.5. The Hall–Kier alpha value is -1.85. The Kier molecular flexibility index (Phi) is 4.76. The smallest absolute Gasteiger partial charge is 0.242 e. The van der Waals surface area contributed by atoms with Crippen LogP contribution in [0, 0.1) is 0 Å². The van der Waals surface area contributed by atoms with Crippen molar-refractivity contribution in [2.45, 2.75) is 18.9 Å². The number of hydrogen-bond acceptors (Lipinski definition) is 3. The molecule has 1 fully saturated rings. The van der Waals surface area contributed by atoms with E-state index in [0.717, 1.165) is 25.1 Å². The zero-order valence-corrected chi connectivity index (χ0v) is 11.8. The van der Waals surface area contributed by atoms with Crippen molar-refractivity contribution in [3.63, 3.8) is 0 Å². The van der Waals surface area contributed by atoms with E-state index in [4.69, 9.17) is 0 Å². The van der Waals surface area contributed by atoms with Crippen molar-refractivity contribution in [1.82, 2.24) is 15.1 Å². The highest BCUT2D eigenvalue weighted by Crippen LogP contribution is 2.12. The molecule has 3 rings (SSSR count). The average Bonchev–Trinajstić information content (AvgIpc) is 3.11. The predicted octanol–water partition coefficient (Wildman–Crippen LogP) is 1.98. The quantitative estimate of drug-likeness (QED) is 0.909. The van der Waals surface area contributed by atoms with Crippen molar-refractivity contribution in [3.8, 4) is 5.69 Å². The fourth-order valence-electron chi connectivity index (χ4n) is 2.24. The molecule has 0 bridgehead atoms. The third kappa shape index (κ3) is 3.18. The molecule has 1 aromatic heterocycles. The van der Waals surface area contributed by atoms with Crippen LogP contribution in [0.3, 0.4) is 0 Å². The second-order valence-corrected chi connectivity index (χ2v) is 4.62. The number of para-hydroxylation sites is 1. The summed E-state index contributed by atoms with van der Waals surface area (Å²) in [5.41, 5.74) is 0.974. The number of nitrogens with one attached hydrogen (secondary N) is 2. The predicted molar refractivity (Wildman–Crippen MR) is 80.5 cm³/mol. The number of aromatic nitrogens is 2. The van der Waals surface area contributed by atoms with E-state index < -0.39 is 0 Å². The fraction of sp³-hybridized carbons (Fsp3) is 0.286. The molecule has 20 heavy (non-hydrogen) atoms. The Morgan fingerprint density at radius 1 is 1.30 bits per heavy atom. The topological polar surface area (TPSA) is 59.0 Å². The van der Waals surface area contributed by atoms with Crippen LogP contribution in [0.5, 0.6) is 0 Å². The van der Waals surface area contributed by atoms with Crippen LogP contribution in [0.1, 0.15) is 12.8 Å². The molecule has 0 radical (unpaired) electrons. The van der Waals surface area contributed by atoms with E-state index in [-0.39, 0.29) is 24.4 Å². The SMILES string of the molecule is Cl.O=C(Nc1ccn(-c2ccccc2)n1)C1CCCN1. The molecular weight excluding hydrogens is 276 g/mol. The van der Waals surface area contributed by atoms with Crippen molar-refractivity contribution < 1.29 is 4.79 Å². The molecule has 5 nitrogen and oxygen atoms in total. The number of rotatable bonds is 3. The molecule has 1 amide bonds. The van der Waals surface area contributed by atoms with Gasteiger partial charge in [0, 0.05) is 12.3 Å². The van der Waals surface area contributed by atoms with Gasteiger partial charge in [-0.15, -0.1) is 12.4 Å². The van der Waals surface area contributed by atoms with Gasteiger partial charge in [0.2, 0.25) is 5.91 Å². The molecular formula is C14H17ClN4O. The van der Waals surface area contributed by atoms with Crippen molar-refractivity contribution >= 4 is 24.1 Å². The summed E-state index contributed by atoms with van der Waals surface area (Å²) in [7, 11) is 0. The second kappa shape index (κ2) is 6.54. The van der Waals surface area contributed by atoms with Crippen LogP contribution < -0.4 is 10.6 Å². The van der Waals surface area contributed by atoms with Gasteiger partial charge in [0.25, 0.3) is 0 Å². The minimum absolute atomic E-state index is 0. The van der Waals surface area contributed by atoms with Crippen LogP contribution in [0.2, 0.25) is 0 Å². The Labute approximate surface area is 123 Å². The lowest BCUT2D eigenvalue weighted by molar-refractivity contribution is -0.117. The fourth-order valence-corrected chi connectivity index (χ4v) is 2.24. The van der Waals surface area contributed by atoms with Gasteiger partial charge in [-0.25, -0.2) is 4.68 Å². The lowest BCUT2D eigenvalue weighted by Crippen LogP contribution is -2.35. The monoisotopic (exact) mass is 292 g/mol. The molecule has 0 spiro atoms. The molecule has 2 heterocycles. The van der Waals surface area contributed by atoms with Gasteiger partial charge in [0.05, 0.1) is 11.7 Å². The largest absolute Gasteiger partial charge is 0.308 e. The maximum absolute atomic E-state index is 11.9. The number of halogens is 1. The van der Waals surface area contributed by atoms with E-state index in [1.54, 1.807) is 10.7 Å². The molecule has 1 saturated heterocycles. The van der Waals surface area contributed by atoms with Crippen LogP contribution in [-0.4, -0.2) is 28.3 Å². The summed E-state index contributed by atoms with van der Waals surface area (Å²) in [4.78, 5) is 11.9. The molecule has 2 N–H and O–H groups in total. The van der Waals surface area contributed by atoms with E-state index in [1.165, 1.54) is 0 Å². The molecule has 1 unspecified atom stereocenters. The first kappa shape index (κ1) is 14.6. The average molecular weight is 293 g/mol. The van der Waals surface area contributed by atoms with Gasteiger partial charge in [-0.05, 0) is 31.5 Å². The van der Waals surface area contributed by atoms with Gasteiger partial charge in [-0.1, -0.05) is 18.2 Å². The van der Waals surface area contributed by atoms with Crippen LogP contribution in [-0.2, 0) is 4.79 Å². The van der Waals surface area contributed by atoms with Gasteiger partial charge in [-0.3, -0.25) is 4.79 Å². The van der Waals surface area contributed by atoms with Crippen molar-refractivity contribution in [2.24, 2.45) is 0 Å². The molecule has 106 valence electrons. The van der Waals surface area contributed by atoms with Crippen LogP contribution in [0.4, 0.5) is 5.82 Å². The minimum Gasteiger partial charge on any atom is -0.308 e. The van der Waals surface area contributed by atoms with E-state index in [0.29, 0.717) is 5.82 Å². The van der Waals surface area contributed by atoms with E-state index in [2.05, 4.69) is 15.7 Å². The number of amides is 1. The number of hydrogen-bond donors (Lipinski definition) is 2. The van der Waals surface area contributed by atoms with Gasteiger partial charge < -0.3 is 10.6 Å². The third-order valence-corrected chi connectivity index (χ3v) is 3.24. The third-order valence-electron chi connectivity index (χ3n) is 3.24. The summed E-state index contributed by atoms with van der Waals surface area (Å²) in [5.74, 6) is 0.582. The molecule has 1 atom stereocenters. The number of nitrogens with zero attached hydrogens (tertiary/aromatic N) is 2. The molecule has 2 aromatic rings. The zero-order chi connectivity index (χ0) is 13.1. The van der Waals surface area contributed by atoms with E-state index in [1.807, 2.05) is 36.5 Å². The Morgan fingerprint density at radius 2 is 2.10 bits per heavy atom. The lowest BCUT2D eigenvalue weighted by Gasteiger charge is -2.08. The van der Waals surface area contributed by atoms with Crippen LogP contribution in [0.25, 0.3) is 5.69 Å². The van der Waals surface area contributed by atoms with Crippen LogP contribution >= 0.6 is 12.4 Å². The second-order valence-electron chi connectivity index (χ2n) is 4.62. The van der Waals surface area contributed by atoms with Gasteiger partial charge in [0.15, 0.2) is 5.82 Å². The summed E-state index contributed by atoms with van der Waals surface area (Å²) in [6, 6.07) is 11.5.